The highest BCUT2D eigenvalue weighted by molar-refractivity contribution is 5.95. The third-order valence-electron chi connectivity index (χ3n) is 1.99. The maximum Gasteiger partial charge on any atom is 0.271 e. The standard InChI is InChI=1S/C7H10N4O2/c8-5-1-11(4-2-13-3-4)10-6(5)7(9)12/h1,4H,2-3,8H2,(H2,9,12). The average molecular weight is 182 g/mol. The Morgan fingerprint density at radius 3 is 2.77 bits per heavy atom. The number of hydrogen-bond acceptors (Lipinski definition) is 4. The van der Waals surface area contributed by atoms with Crippen molar-refractivity contribution in [2.75, 3.05) is 18.9 Å². The van der Waals surface area contributed by atoms with Gasteiger partial charge < -0.3 is 16.2 Å². The van der Waals surface area contributed by atoms with Crippen LogP contribution in [0.2, 0.25) is 0 Å². The lowest BCUT2D eigenvalue weighted by Gasteiger charge is -2.25. The molecule has 1 saturated heterocycles. The zero-order chi connectivity index (χ0) is 9.42. The van der Waals surface area contributed by atoms with Crippen molar-refractivity contribution >= 4 is 11.6 Å². The number of primary amides is 1. The van der Waals surface area contributed by atoms with Gasteiger partial charge in [-0.3, -0.25) is 9.48 Å². The zero-order valence-corrected chi connectivity index (χ0v) is 6.93. The first kappa shape index (κ1) is 8.06. The van der Waals surface area contributed by atoms with Gasteiger partial charge in [-0.1, -0.05) is 0 Å². The molecule has 1 fully saturated rings. The summed E-state index contributed by atoms with van der Waals surface area (Å²) in [6, 6.07) is 0.190. The Morgan fingerprint density at radius 1 is 1.69 bits per heavy atom. The molecule has 0 saturated carbocycles. The van der Waals surface area contributed by atoms with Crippen LogP contribution in [0.15, 0.2) is 6.20 Å². The molecule has 0 radical (unpaired) electrons. The van der Waals surface area contributed by atoms with Crippen molar-refractivity contribution in [3.8, 4) is 0 Å². The second-order valence-corrected chi connectivity index (χ2v) is 2.97. The van der Waals surface area contributed by atoms with Gasteiger partial charge in [0.1, 0.15) is 0 Å². The number of amides is 1. The molecule has 0 aliphatic carbocycles. The minimum absolute atomic E-state index is 0.131. The van der Waals surface area contributed by atoms with Crippen LogP contribution in [0, 0.1) is 0 Å². The molecular weight excluding hydrogens is 172 g/mol. The maximum absolute atomic E-state index is 10.8. The highest BCUT2D eigenvalue weighted by Gasteiger charge is 2.23. The Balaban J connectivity index is 2.28. The molecule has 70 valence electrons. The lowest BCUT2D eigenvalue weighted by molar-refractivity contribution is -0.0287. The molecule has 0 bridgehead atoms. The van der Waals surface area contributed by atoms with Crippen LogP contribution in [0.25, 0.3) is 0 Å². The van der Waals surface area contributed by atoms with E-state index in [0.717, 1.165) is 0 Å². The van der Waals surface area contributed by atoms with Gasteiger partial charge in [0.25, 0.3) is 5.91 Å². The van der Waals surface area contributed by atoms with Crippen LogP contribution in [-0.4, -0.2) is 28.9 Å². The summed E-state index contributed by atoms with van der Waals surface area (Å²) in [5.41, 5.74) is 11.0. The van der Waals surface area contributed by atoms with Gasteiger partial charge in [-0.05, 0) is 0 Å². The third-order valence-corrected chi connectivity index (χ3v) is 1.99. The second-order valence-electron chi connectivity index (χ2n) is 2.97. The van der Waals surface area contributed by atoms with Crippen molar-refractivity contribution in [3.05, 3.63) is 11.9 Å². The Labute approximate surface area is 74.4 Å². The van der Waals surface area contributed by atoms with Crippen molar-refractivity contribution in [2.45, 2.75) is 6.04 Å². The first-order valence-corrected chi connectivity index (χ1v) is 3.90. The molecule has 6 heteroatoms. The fourth-order valence-electron chi connectivity index (χ4n) is 1.16. The minimum Gasteiger partial charge on any atom is -0.396 e. The molecule has 0 spiro atoms. The molecule has 0 aromatic carbocycles. The van der Waals surface area contributed by atoms with Crippen molar-refractivity contribution < 1.29 is 9.53 Å². The zero-order valence-electron chi connectivity index (χ0n) is 6.93. The molecule has 2 rings (SSSR count). The summed E-state index contributed by atoms with van der Waals surface area (Å²) < 4.78 is 6.60. The maximum atomic E-state index is 10.8. The number of ether oxygens (including phenoxy) is 1. The monoisotopic (exact) mass is 182 g/mol. The number of rotatable bonds is 2. The Kier molecular flexibility index (Phi) is 1.70. The van der Waals surface area contributed by atoms with Gasteiger partial charge in [0.15, 0.2) is 5.69 Å². The van der Waals surface area contributed by atoms with Crippen LogP contribution in [0.3, 0.4) is 0 Å². The van der Waals surface area contributed by atoms with E-state index in [1.165, 1.54) is 0 Å². The fourth-order valence-corrected chi connectivity index (χ4v) is 1.16. The molecule has 6 nitrogen and oxygen atoms in total. The molecule has 2 heterocycles. The van der Waals surface area contributed by atoms with Gasteiger partial charge in [0.05, 0.1) is 24.9 Å². The van der Waals surface area contributed by atoms with E-state index in [-0.39, 0.29) is 11.7 Å². The Bertz CT molecular complexity index is 342. The van der Waals surface area contributed by atoms with Crippen LogP contribution >= 0.6 is 0 Å². The van der Waals surface area contributed by atoms with Gasteiger partial charge in [-0.25, -0.2) is 0 Å². The lowest BCUT2D eigenvalue weighted by atomic mass is 10.3. The molecule has 13 heavy (non-hydrogen) atoms. The smallest absolute Gasteiger partial charge is 0.271 e. The summed E-state index contributed by atoms with van der Waals surface area (Å²) in [6.07, 6.45) is 1.60. The highest BCUT2D eigenvalue weighted by atomic mass is 16.5. The number of hydrogen-bond donors (Lipinski definition) is 2. The number of aromatic nitrogens is 2. The fraction of sp³-hybridized carbons (Fsp3) is 0.429. The molecule has 1 aliphatic rings. The molecule has 1 amide bonds. The molecule has 1 aromatic heterocycles. The van der Waals surface area contributed by atoms with E-state index in [9.17, 15) is 4.79 Å². The number of nitrogens with two attached hydrogens (primary N) is 2. The number of carbonyl (C=O) groups is 1. The second kappa shape index (κ2) is 2.74. The van der Waals surface area contributed by atoms with Crippen LogP contribution in [0.4, 0.5) is 5.69 Å². The van der Waals surface area contributed by atoms with E-state index in [1.807, 2.05) is 0 Å². The van der Waals surface area contributed by atoms with E-state index in [2.05, 4.69) is 5.10 Å². The topological polar surface area (TPSA) is 96.2 Å². The van der Waals surface area contributed by atoms with Crippen molar-refractivity contribution in [1.82, 2.24) is 9.78 Å². The SMILES string of the molecule is NC(=O)c1nn(C2COC2)cc1N. The molecule has 1 aromatic rings. The van der Waals surface area contributed by atoms with Crippen molar-refractivity contribution in [1.29, 1.82) is 0 Å². The van der Waals surface area contributed by atoms with Crippen LogP contribution in [0.1, 0.15) is 16.5 Å². The predicted molar refractivity (Wildman–Crippen MR) is 45.0 cm³/mol. The van der Waals surface area contributed by atoms with Gasteiger partial charge in [0, 0.05) is 6.20 Å². The third kappa shape index (κ3) is 1.25. The van der Waals surface area contributed by atoms with E-state index < -0.39 is 5.91 Å². The summed E-state index contributed by atoms with van der Waals surface area (Å²) in [4.78, 5) is 10.8. The minimum atomic E-state index is -0.600. The summed E-state index contributed by atoms with van der Waals surface area (Å²) in [5.74, 6) is -0.600. The van der Waals surface area contributed by atoms with Crippen LogP contribution in [0.5, 0.6) is 0 Å². The molecule has 0 unspecified atom stereocenters. The summed E-state index contributed by atoms with van der Waals surface area (Å²) >= 11 is 0. The number of nitrogens with zero attached hydrogens (tertiary/aromatic N) is 2. The van der Waals surface area contributed by atoms with E-state index in [0.29, 0.717) is 18.9 Å². The van der Waals surface area contributed by atoms with Gasteiger partial charge in [0.2, 0.25) is 0 Å². The predicted octanol–water partition coefficient (Wildman–Crippen LogP) is -0.865. The van der Waals surface area contributed by atoms with Gasteiger partial charge in [-0.2, -0.15) is 5.10 Å². The largest absolute Gasteiger partial charge is 0.396 e. The highest BCUT2D eigenvalue weighted by Crippen LogP contribution is 2.19. The molecule has 4 N–H and O–H groups in total. The van der Waals surface area contributed by atoms with Crippen LogP contribution < -0.4 is 11.5 Å². The van der Waals surface area contributed by atoms with Crippen LogP contribution in [-0.2, 0) is 4.74 Å². The summed E-state index contributed by atoms with van der Waals surface area (Å²) in [7, 11) is 0. The quantitative estimate of drug-likeness (QED) is 0.621. The van der Waals surface area contributed by atoms with Crippen molar-refractivity contribution in [3.63, 3.8) is 0 Å². The van der Waals surface area contributed by atoms with Gasteiger partial charge in [-0.15, -0.1) is 0 Å². The normalized spacial score (nSPS) is 16.9. The molecule has 0 atom stereocenters. The van der Waals surface area contributed by atoms with E-state index >= 15 is 0 Å². The first-order chi connectivity index (χ1) is 6.18. The summed E-state index contributed by atoms with van der Waals surface area (Å²) in [5, 5.41) is 3.97. The van der Waals surface area contributed by atoms with Crippen molar-refractivity contribution in [2.24, 2.45) is 5.73 Å². The van der Waals surface area contributed by atoms with Gasteiger partial charge >= 0.3 is 0 Å². The lowest BCUT2D eigenvalue weighted by Crippen LogP contribution is -2.31. The number of anilines is 1. The number of carbonyl (C=O) groups excluding carboxylic acids is 1. The first-order valence-electron chi connectivity index (χ1n) is 3.90. The molecular formula is C7H10N4O2. The van der Waals surface area contributed by atoms with E-state index in [4.69, 9.17) is 16.2 Å². The number of nitrogen functional groups attached to an aromatic ring is 1. The summed E-state index contributed by atoms with van der Waals surface area (Å²) in [6.45, 7) is 1.22. The molecule has 1 aliphatic heterocycles. The van der Waals surface area contributed by atoms with E-state index in [1.54, 1.807) is 10.9 Å². The Morgan fingerprint density at radius 2 is 2.38 bits per heavy atom. The average Bonchev–Trinajstić information content (AvgIpc) is 2.27. The Hall–Kier alpha value is -1.56.